The highest BCUT2D eigenvalue weighted by molar-refractivity contribution is 7.10. The molecule has 0 bridgehead atoms. The number of anilines is 1. The van der Waals surface area contributed by atoms with E-state index in [1.54, 1.807) is 11.3 Å². The van der Waals surface area contributed by atoms with Crippen LogP contribution in [-0.4, -0.2) is 37.1 Å². The van der Waals surface area contributed by atoms with Crippen LogP contribution in [0.3, 0.4) is 0 Å². The van der Waals surface area contributed by atoms with Crippen LogP contribution in [0.5, 0.6) is 11.5 Å². The maximum atomic E-state index is 12.8. The lowest BCUT2D eigenvalue weighted by Crippen LogP contribution is -2.40. The van der Waals surface area contributed by atoms with Crippen molar-refractivity contribution in [2.24, 2.45) is 0 Å². The minimum atomic E-state index is -0.0167. The molecular formula is C21H20N2O3S2. The highest BCUT2D eigenvalue weighted by Gasteiger charge is 2.31. The van der Waals surface area contributed by atoms with Crippen LogP contribution >= 0.6 is 22.7 Å². The Kier molecular flexibility index (Phi) is 4.80. The van der Waals surface area contributed by atoms with E-state index < -0.39 is 0 Å². The SMILES string of the molecule is O=C(CN1CCc2sccc2C1c1cccs1)Nc1ccc2c(c1)OCCO2. The third-order valence-corrected chi connectivity index (χ3v) is 6.97. The van der Waals surface area contributed by atoms with Gasteiger partial charge in [-0.1, -0.05) is 6.07 Å². The van der Waals surface area contributed by atoms with Crippen molar-refractivity contribution in [1.82, 2.24) is 4.90 Å². The number of carbonyl (C=O) groups is 1. The smallest absolute Gasteiger partial charge is 0.238 e. The van der Waals surface area contributed by atoms with E-state index in [9.17, 15) is 4.79 Å². The summed E-state index contributed by atoms with van der Waals surface area (Å²) in [5, 5.41) is 7.27. The van der Waals surface area contributed by atoms with Gasteiger partial charge in [-0.2, -0.15) is 0 Å². The minimum absolute atomic E-state index is 0.0167. The van der Waals surface area contributed by atoms with Gasteiger partial charge in [-0.25, -0.2) is 0 Å². The number of amides is 1. The largest absolute Gasteiger partial charge is 0.486 e. The molecule has 2 aromatic heterocycles. The van der Waals surface area contributed by atoms with Gasteiger partial charge in [-0.05, 0) is 47.0 Å². The number of hydrogen-bond donors (Lipinski definition) is 1. The van der Waals surface area contributed by atoms with Gasteiger partial charge in [-0.15, -0.1) is 22.7 Å². The fraction of sp³-hybridized carbons (Fsp3) is 0.286. The van der Waals surface area contributed by atoms with E-state index in [2.05, 4.69) is 39.2 Å². The second-order valence-corrected chi connectivity index (χ2v) is 8.82. The summed E-state index contributed by atoms with van der Waals surface area (Å²) in [6, 6.07) is 12.1. The number of nitrogens with zero attached hydrogens (tertiary/aromatic N) is 1. The normalized spacial score (nSPS) is 18.5. The minimum Gasteiger partial charge on any atom is -0.486 e. The van der Waals surface area contributed by atoms with E-state index in [-0.39, 0.29) is 11.9 Å². The molecule has 0 radical (unpaired) electrons. The first-order valence-corrected chi connectivity index (χ1v) is 11.1. The van der Waals surface area contributed by atoms with E-state index in [0.29, 0.717) is 25.5 Å². The molecule has 4 heterocycles. The first-order chi connectivity index (χ1) is 13.8. The summed E-state index contributed by atoms with van der Waals surface area (Å²) in [6.45, 7) is 2.32. The summed E-state index contributed by atoms with van der Waals surface area (Å²) in [7, 11) is 0. The van der Waals surface area contributed by atoms with Crippen LogP contribution in [0, 0.1) is 0 Å². The third kappa shape index (κ3) is 3.41. The Morgan fingerprint density at radius 2 is 2.00 bits per heavy atom. The average Bonchev–Trinajstić information content (AvgIpc) is 3.39. The number of hydrogen-bond acceptors (Lipinski definition) is 6. The van der Waals surface area contributed by atoms with Gasteiger partial charge in [0.25, 0.3) is 0 Å². The van der Waals surface area contributed by atoms with E-state index in [1.807, 2.05) is 29.5 Å². The summed E-state index contributed by atoms with van der Waals surface area (Å²) in [5.41, 5.74) is 2.07. The molecule has 5 rings (SSSR count). The van der Waals surface area contributed by atoms with Gasteiger partial charge in [0.05, 0.1) is 12.6 Å². The topological polar surface area (TPSA) is 50.8 Å². The molecule has 2 aliphatic rings. The quantitative estimate of drug-likeness (QED) is 0.699. The van der Waals surface area contributed by atoms with Gasteiger partial charge in [-0.3, -0.25) is 9.69 Å². The summed E-state index contributed by atoms with van der Waals surface area (Å²) < 4.78 is 11.1. The molecule has 2 aliphatic heterocycles. The fourth-order valence-corrected chi connectivity index (χ4v) is 5.60. The summed E-state index contributed by atoms with van der Waals surface area (Å²) >= 11 is 3.56. The van der Waals surface area contributed by atoms with Crippen LogP contribution in [0.25, 0.3) is 0 Å². The van der Waals surface area contributed by atoms with Crippen LogP contribution in [0.2, 0.25) is 0 Å². The van der Waals surface area contributed by atoms with Crippen molar-refractivity contribution in [3.63, 3.8) is 0 Å². The monoisotopic (exact) mass is 412 g/mol. The summed E-state index contributed by atoms with van der Waals surface area (Å²) in [5.74, 6) is 1.39. The maximum absolute atomic E-state index is 12.8. The Bertz CT molecular complexity index is 983. The van der Waals surface area contributed by atoms with Gasteiger partial charge in [0.1, 0.15) is 13.2 Å². The van der Waals surface area contributed by atoms with Crippen LogP contribution in [-0.2, 0) is 11.2 Å². The van der Waals surface area contributed by atoms with Gasteiger partial charge >= 0.3 is 0 Å². The number of fused-ring (bicyclic) bond motifs is 2. The predicted molar refractivity (Wildman–Crippen MR) is 112 cm³/mol. The number of nitrogens with one attached hydrogen (secondary N) is 1. The molecule has 0 spiro atoms. The highest BCUT2D eigenvalue weighted by Crippen LogP contribution is 2.39. The molecule has 0 fully saturated rings. The number of rotatable bonds is 4. The Morgan fingerprint density at radius 3 is 2.86 bits per heavy atom. The van der Waals surface area contributed by atoms with Crippen molar-refractivity contribution in [1.29, 1.82) is 0 Å². The van der Waals surface area contributed by atoms with Gasteiger partial charge in [0.2, 0.25) is 5.91 Å². The summed E-state index contributed by atoms with van der Waals surface area (Å²) in [6.07, 6.45) is 0.992. The molecule has 1 atom stereocenters. The van der Waals surface area contributed by atoms with Gasteiger partial charge in [0, 0.05) is 28.1 Å². The highest BCUT2D eigenvalue weighted by atomic mass is 32.1. The van der Waals surface area contributed by atoms with Crippen LogP contribution in [0.15, 0.2) is 47.2 Å². The Balaban J connectivity index is 1.33. The molecule has 5 nitrogen and oxygen atoms in total. The predicted octanol–water partition coefficient (Wildman–Crippen LogP) is 4.17. The number of benzene rings is 1. The molecule has 0 aliphatic carbocycles. The first-order valence-electron chi connectivity index (χ1n) is 9.31. The molecule has 28 heavy (non-hydrogen) atoms. The zero-order valence-corrected chi connectivity index (χ0v) is 16.9. The molecule has 0 saturated carbocycles. The molecule has 7 heteroatoms. The van der Waals surface area contributed by atoms with Crippen molar-refractivity contribution < 1.29 is 14.3 Å². The van der Waals surface area contributed by atoms with Crippen molar-refractivity contribution in [2.45, 2.75) is 12.5 Å². The standard InChI is InChI=1S/C21H20N2O3S2/c24-20(22-14-3-4-16-17(12-14)26-9-8-25-16)13-23-7-5-18-15(6-11-28-18)21(23)19-2-1-10-27-19/h1-4,6,10-12,21H,5,7-9,13H2,(H,22,24). The maximum Gasteiger partial charge on any atom is 0.238 e. The zero-order valence-electron chi connectivity index (χ0n) is 15.2. The lowest BCUT2D eigenvalue weighted by molar-refractivity contribution is -0.117. The molecule has 3 aromatic rings. The Morgan fingerprint density at radius 1 is 1.11 bits per heavy atom. The lowest BCUT2D eigenvalue weighted by atomic mass is 9.98. The molecular weight excluding hydrogens is 392 g/mol. The molecule has 1 unspecified atom stereocenters. The van der Waals surface area contributed by atoms with E-state index in [1.165, 1.54) is 15.3 Å². The van der Waals surface area contributed by atoms with Crippen molar-refractivity contribution >= 4 is 34.3 Å². The van der Waals surface area contributed by atoms with Crippen LogP contribution in [0.4, 0.5) is 5.69 Å². The average molecular weight is 413 g/mol. The van der Waals surface area contributed by atoms with E-state index in [4.69, 9.17) is 9.47 Å². The number of thiophene rings is 2. The fourth-order valence-electron chi connectivity index (χ4n) is 3.82. The van der Waals surface area contributed by atoms with E-state index >= 15 is 0 Å². The van der Waals surface area contributed by atoms with Gasteiger partial charge in [0.15, 0.2) is 11.5 Å². The van der Waals surface area contributed by atoms with Crippen molar-refractivity contribution in [3.05, 3.63) is 62.5 Å². The summed E-state index contributed by atoms with van der Waals surface area (Å²) in [4.78, 5) is 17.8. The molecule has 1 N–H and O–H groups in total. The molecule has 0 saturated heterocycles. The molecule has 1 aromatic carbocycles. The van der Waals surface area contributed by atoms with Gasteiger partial charge < -0.3 is 14.8 Å². The van der Waals surface area contributed by atoms with Crippen LogP contribution in [0.1, 0.15) is 21.4 Å². The molecule has 144 valence electrons. The van der Waals surface area contributed by atoms with E-state index in [0.717, 1.165) is 24.4 Å². The Hall–Kier alpha value is -2.35. The number of ether oxygens (including phenoxy) is 2. The first kappa shape index (κ1) is 17.7. The van der Waals surface area contributed by atoms with Crippen LogP contribution < -0.4 is 14.8 Å². The van der Waals surface area contributed by atoms with Crippen molar-refractivity contribution in [3.8, 4) is 11.5 Å². The molecule has 1 amide bonds. The van der Waals surface area contributed by atoms with Crippen molar-refractivity contribution in [2.75, 3.05) is 31.6 Å². The second kappa shape index (κ2) is 7.58. The lowest BCUT2D eigenvalue weighted by Gasteiger charge is -2.34. The number of carbonyl (C=O) groups excluding carboxylic acids is 1. The third-order valence-electron chi connectivity index (χ3n) is 5.05. The second-order valence-electron chi connectivity index (χ2n) is 6.84. The Labute approximate surface area is 171 Å². The zero-order chi connectivity index (χ0) is 18.9.